The molecule has 4 rings (SSSR count). The second-order valence-corrected chi connectivity index (χ2v) is 7.93. The number of rotatable bonds is 7. The van der Waals surface area contributed by atoms with E-state index in [2.05, 4.69) is 15.2 Å². The molecule has 1 atom stereocenters. The molecule has 30 heavy (non-hydrogen) atoms. The highest BCUT2D eigenvalue weighted by Gasteiger charge is 2.24. The van der Waals surface area contributed by atoms with E-state index in [-0.39, 0.29) is 18.6 Å². The Balaban J connectivity index is 1.19. The van der Waals surface area contributed by atoms with Crippen molar-refractivity contribution < 1.29 is 19.1 Å². The lowest BCUT2D eigenvalue weighted by atomic mass is 10.0. The summed E-state index contributed by atoms with van der Waals surface area (Å²) in [5, 5.41) is 14.8. The van der Waals surface area contributed by atoms with Crippen LogP contribution in [-0.4, -0.2) is 59.3 Å². The summed E-state index contributed by atoms with van der Waals surface area (Å²) in [4.78, 5) is 18.7. The van der Waals surface area contributed by atoms with Gasteiger partial charge in [0, 0.05) is 42.3 Å². The van der Waals surface area contributed by atoms with Gasteiger partial charge in [-0.25, -0.2) is 0 Å². The molecule has 2 aromatic heterocycles. The van der Waals surface area contributed by atoms with Crippen molar-refractivity contribution in [2.45, 2.75) is 25.0 Å². The molecule has 3 aromatic rings. The maximum absolute atomic E-state index is 12.5. The Labute approximate surface area is 179 Å². The van der Waals surface area contributed by atoms with E-state index in [1.54, 1.807) is 42.7 Å². The first-order valence-corrected chi connectivity index (χ1v) is 10.4. The molecule has 0 saturated carbocycles. The molecule has 2 N–H and O–H groups in total. The van der Waals surface area contributed by atoms with Gasteiger partial charge < -0.3 is 24.5 Å². The zero-order chi connectivity index (χ0) is 20.9. The van der Waals surface area contributed by atoms with Crippen LogP contribution in [0.1, 0.15) is 23.4 Å². The van der Waals surface area contributed by atoms with Crippen molar-refractivity contribution in [1.82, 2.24) is 15.2 Å². The van der Waals surface area contributed by atoms with Crippen molar-refractivity contribution in [3.05, 3.63) is 59.6 Å². The Morgan fingerprint density at radius 1 is 1.30 bits per heavy atom. The van der Waals surface area contributed by atoms with Crippen molar-refractivity contribution in [2.75, 3.05) is 26.2 Å². The molecule has 3 heterocycles. The van der Waals surface area contributed by atoms with Gasteiger partial charge in [0.15, 0.2) is 11.3 Å². The molecule has 1 amide bonds. The van der Waals surface area contributed by atoms with E-state index in [0.29, 0.717) is 28.7 Å². The number of aliphatic hydroxyl groups excluding tert-OH is 1. The number of halogens is 1. The summed E-state index contributed by atoms with van der Waals surface area (Å²) in [6.07, 6.45) is 4.32. The highest BCUT2D eigenvalue weighted by atomic mass is 35.5. The SMILES string of the molecule is O=C(NC1CCN(CC(O)COc2ccc(Cl)cc2)CC1)c1cc2ccncc2o1. The van der Waals surface area contributed by atoms with Gasteiger partial charge in [-0.05, 0) is 49.2 Å². The highest BCUT2D eigenvalue weighted by molar-refractivity contribution is 6.30. The number of pyridine rings is 1. The van der Waals surface area contributed by atoms with Crippen LogP contribution in [0.2, 0.25) is 5.02 Å². The lowest BCUT2D eigenvalue weighted by molar-refractivity contribution is 0.0565. The number of piperidine rings is 1. The van der Waals surface area contributed by atoms with Gasteiger partial charge in [-0.2, -0.15) is 0 Å². The fraction of sp³-hybridized carbons (Fsp3) is 0.364. The largest absolute Gasteiger partial charge is 0.491 e. The molecule has 0 bridgehead atoms. The van der Waals surface area contributed by atoms with E-state index >= 15 is 0 Å². The van der Waals surface area contributed by atoms with E-state index in [0.717, 1.165) is 31.3 Å². The van der Waals surface area contributed by atoms with Crippen LogP contribution in [0.5, 0.6) is 5.75 Å². The van der Waals surface area contributed by atoms with Crippen molar-refractivity contribution in [3.63, 3.8) is 0 Å². The van der Waals surface area contributed by atoms with E-state index in [1.165, 1.54) is 0 Å². The molecule has 1 saturated heterocycles. The number of furan rings is 1. The lowest BCUT2D eigenvalue weighted by Crippen LogP contribution is -2.47. The molecule has 0 spiro atoms. The van der Waals surface area contributed by atoms with Gasteiger partial charge in [-0.3, -0.25) is 9.78 Å². The maximum Gasteiger partial charge on any atom is 0.287 e. The molecule has 1 aromatic carbocycles. The maximum atomic E-state index is 12.5. The number of hydrogen-bond donors (Lipinski definition) is 2. The summed E-state index contributed by atoms with van der Waals surface area (Å²) < 4.78 is 11.2. The molecule has 7 nitrogen and oxygen atoms in total. The molecule has 1 aliphatic heterocycles. The third kappa shape index (κ3) is 5.30. The van der Waals surface area contributed by atoms with E-state index in [4.69, 9.17) is 20.8 Å². The molecule has 0 radical (unpaired) electrons. The second-order valence-electron chi connectivity index (χ2n) is 7.49. The number of ether oxygens (including phenoxy) is 1. The van der Waals surface area contributed by atoms with Gasteiger partial charge in [-0.15, -0.1) is 0 Å². The zero-order valence-corrected chi connectivity index (χ0v) is 17.2. The van der Waals surface area contributed by atoms with Gasteiger partial charge in [0.05, 0.1) is 6.20 Å². The van der Waals surface area contributed by atoms with Gasteiger partial charge in [0.2, 0.25) is 0 Å². The number of amides is 1. The molecule has 1 aliphatic rings. The zero-order valence-electron chi connectivity index (χ0n) is 16.5. The number of nitrogens with zero attached hydrogens (tertiary/aromatic N) is 2. The minimum absolute atomic E-state index is 0.0857. The number of fused-ring (bicyclic) bond motifs is 1. The topological polar surface area (TPSA) is 87.8 Å². The molecule has 8 heteroatoms. The molecular weight excluding hydrogens is 406 g/mol. The Kier molecular flexibility index (Phi) is 6.52. The van der Waals surface area contributed by atoms with Crippen LogP contribution < -0.4 is 10.1 Å². The number of aromatic nitrogens is 1. The predicted octanol–water partition coefficient (Wildman–Crippen LogP) is 3.12. The van der Waals surface area contributed by atoms with Crippen molar-refractivity contribution in [2.24, 2.45) is 0 Å². The van der Waals surface area contributed by atoms with Crippen LogP contribution in [0.3, 0.4) is 0 Å². The van der Waals surface area contributed by atoms with E-state index in [1.807, 2.05) is 6.07 Å². The quantitative estimate of drug-likeness (QED) is 0.600. The first-order valence-electron chi connectivity index (χ1n) is 10.00. The Morgan fingerprint density at radius 3 is 2.80 bits per heavy atom. The third-order valence-corrected chi connectivity index (χ3v) is 5.45. The van der Waals surface area contributed by atoms with Gasteiger partial charge in [-0.1, -0.05) is 11.6 Å². The number of likely N-dealkylation sites (tertiary alicyclic amines) is 1. The summed E-state index contributed by atoms with van der Waals surface area (Å²) >= 11 is 5.85. The van der Waals surface area contributed by atoms with Gasteiger partial charge in [0.25, 0.3) is 5.91 Å². The van der Waals surface area contributed by atoms with Crippen LogP contribution in [0.4, 0.5) is 0 Å². The average molecular weight is 430 g/mol. The smallest absolute Gasteiger partial charge is 0.287 e. The van der Waals surface area contributed by atoms with Crippen LogP contribution in [0.25, 0.3) is 11.0 Å². The normalized spacial score (nSPS) is 16.5. The molecule has 0 aliphatic carbocycles. The monoisotopic (exact) mass is 429 g/mol. The third-order valence-electron chi connectivity index (χ3n) is 5.19. The van der Waals surface area contributed by atoms with Crippen LogP contribution >= 0.6 is 11.6 Å². The van der Waals surface area contributed by atoms with Crippen molar-refractivity contribution in [3.8, 4) is 5.75 Å². The van der Waals surface area contributed by atoms with Crippen LogP contribution in [-0.2, 0) is 0 Å². The van der Waals surface area contributed by atoms with Gasteiger partial charge >= 0.3 is 0 Å². The summed E-state index contributed by atoms with van der Waals surface area (Å²) in [7, 11) is 0. The number of nitrogens with one attached hydrogen (secondary N) is 1. The standard InChI is InChI=1S/C22H24ClN3O4/c23-16-1-3-19(4-2-16)29-14-18(27)13-26-9-6-17(7-10-26)25-22(28)20-11-15-5-8-24-12-21(15)30-20/h1-5,8,11-12,17-18,27H,6-7,9-10,13-14H2,(H,25,28). The summed E-state index contributed by atoms with van der Waals surface area (Å²) in [5.41, 5.74) is 0.604. The Bertz CT molecular complexity index is 950. The molecule has 1 unspecified atom stereocenters. The first-order chi connectivity index (χ1) is 14.6. The summed E-state index contributed by atoms with van der Waals surface area (Å²) in [6, 6.07) is 10.7. The lowest BCUT2D eigenvalue weighted by Gasteiger charge is -2.33. The van der Waals surface area contributed by atoms with Crippen LogP contribution in [0.15, 0.2) is 53.2 Å². The Morgan fingerprint density at radius 2 is 2.07 bits per heavy atom. The second kappa shape index (κ2) is 9.47. The fourth-order valence-electron chi connectivity index (χ4n) is 3.59. The minimum atomic E-state index is -0.587. The van der Waals surface area contributed by atoms with Crippen LogP contribution in [0, 0.1) is 0 Å². The average Bonchev–Trinajstić information content (AvgIpc) is 3.19. The fourth-order valence-corrected chi connectivity index (χ4v) is 3.71. The van der Waals surface area contributed by atoms with E-state index < -0.39 is 6.10 Å². The molecular formula is C22H24ClN3O4. The predicted molar refractivity (Wildman–Crippen MR) is 114 cm³/mol. The number of β-amino-alcohol motifs (C(OH)–C–C–N with tert-alkyl or cyclic N) is 1. The number of aliphatic hydroxyl groups is 1. The highest BCUT2D eigenvalue weighted by Crippen LogP contribution is 2.19. The minimum Gasteiger partial charge on any atom is -0.491 e. The molecule has 158 valence electrons. The van der Waals surface area contributed by atoms with E-state index in [9.17, 15) is 9.90 Å². The number of carbonyl (C=O) groups excluding carboxylic acids is 1. The number of benzene rings is 1. The molecule has 1 fully saturated rings. The summed E-state index contributed by atoms with van der Waals surface area (Å²) in [6.45, 7) is 2.35. The number of carbonyl (C=O) groups is 1. The Hall–Kier alpha value is -2.61. The first kappa shape index (κ1) is 20.7. The van der Waals surface area contributed by atoms with Gasteiger partial charge in [0.1, 0.15) is 18.5 Å². The van der Waals surface area contributed by atoms with Crippen molar-refractivity contribution >= 4 is 28.5 Å². The number of hydrogen-bond acceptors (Lipinski definition) is 6. The summed E-state index contributed by atoms with van der Waals surface area (Å²) in [5.74, 6) is 0.775. The van der Waals surface area contributed by atoms with Crippen molar-refractivity contribution in [1.29, 1.82) is 0 Å².